The summed E-state index contributed by atoms with van der Waals surface area (Å²) < 4.78 is 5.84. The summed E-state index contributed by atoms with van der Waals surface area (Å²) >= 11 is 5.78. The van der Waals surface area contributed by atoms with Crippen LogP contribution in [0.1, 0.15) is 56.9 Å². The zero-order valence-corrected chi connectivity index (χ0v) is 15.3. The van der Waals surface area contributed by atoms with Gasteiger partial charge < -0.3 is 15.0 Å². The Bertz CT molecular complexity index is 497. The Labute approximate surface area is 151 Å². The molecule has 5 heteroatoms. The highest BCUT2D eigenvalue weighted by Crippen LogP contribution is 2.19. The summed E-state index contributed by atoms with van der Waals surface area (Å²) in [5.41, 5.74) is 1.24. The number of nitrogens with zero attached hydrogens (tertiary/aromatic N) is 2. The zero-order valence-electron chi connectivity index (χ0n) is 14.5. The fourth-order valence-corrected chi connectivity index (χ4v) is 3.96. The van der Waals surface area contributed by atoms with Crippen LogP contribution in [0.4, 0.5) is 0 Å². The molecule has 0 amide bonds. The molecule has 132 valence electrons. The van der Waals surface area contributed by atoms with Crippen LogP contribution in [-0.4, -0.2) is 40.3 Å². The van der Waals surface area contributed by atoms with Crippen LogP contribution in [0.5, 0.6) is 0 Å². The van der Waals surface area contributed by atoms with Gasteiger partial charge in [0.1, 0.15) is 0 Å². The number of nitrogens with one attached hydrogen (secondary N) is 1. The number of hydrogen-bond acceptors (Lipinski definition) is 3. The van der Waals surface area contributed by atoms with Crippen LogP contribution >= 0.6 is 12.2 Å². The molecule has 1 saturated carbocycles. The van der Waals surface area contributed by atoms with Crippen molar-refractivity contribution in [3.05, 3.63) is 30.1 Å². The van der Waals surface area contributed by atoms with E-state index >= 15 is 0 Å². The summed E-state index contributed by atoms with van der Waals surface area (Å²) in [6.07, 6.45) is 14.1. The normalized spacial score (nSPS) is 22.1. The second-order valence-electron chi connectivity index (χ2n) is 7.01. The highest BCUT2D eigenvalue weighted by atomic mass is 32.1. The highest BCUT2D eigenvalue weighted by molar-refractivity contribution is 7.80. The fraction of sp³-hybridized carbons (Fsp3) is 0.684. The molecule has 2 aliphatic rings. The van der Waals surface area contributed by atoms with Gasteiger partial charge in [0.2, 0.25) is 0 Å². The van der Waals surface area contributed by atoms with E-state index in [0.717, 1.165) is 37.7 Å². The summed E-state index contributed by atoms with van der Waals surface area (Å²) in [7, 11) is 0. The zero-order chi connectivity index (χ0) is 16.6. The number of aromatic nitrogens is 1. The Morgan fingerprint density at radius 2 is 1.88 bits per heavy atom. The molecule has 0 bridgehead atoms. The lowest BCUT2D eigenvalue weighted by atomic mass is 10.1. The molecule has 1 aromatic rings. The minimum Gasteiger partial charge on any atom is -0.376 e. The van der Waals surface area contributed by atoms with Crippen molar-refractivity contribution in [1.29, 1.82) is 0 Å². The molecule has 3 rings (SSSR count). The minimum atomic E-state index is 0.306. The van der Waals surface area contributed by atoms with E-state index in [2.05, 4.69) is 27.3 Å². The van der Waals surface area contributed by atoms with Gasteiger partial charge in [-0.3, -0.25) is 4.98 Å². The van der Waals surface area contributed by atoms with Gasteiger partial charge in [-0.2, -0.15) is 0 Å². The number of hydrogen-bond donors (Lipinski definition) is 1. The second kappa shape index (κ2) is 9.33. The molecule has 0 aromatic carbocycles. The first kappa shape index (κ1) is 17.6. The Morgan fingerprint density at radius 1 is 1.12 bits per heavy atom. The van der Waals surface area contributed by atoms with Crippen LogP contribution in [-0.2, 0) is 11.3 Å². The van der Waals surface area contributed by atoms with Gasteiger partial charge in [-0.25, -0.2) is 0 Å². The Balaban J connectivity index is 1.61. The molecule has 1 aliphatic heterocycles. The topological polar surface area (TPSA) is 37.4 Å². The molecule has 0 radical (unpaired) electrons. The van der Waals surface area contributed by atoms with Gasteiger partial charge in [0, 0.05) is 38.1 Å². The number of rotatable bonds is 5. The highest BCUT2D eigenvalue weighted by Gasteiger charge is 2.22. The van der Waals surface area contributed by atoms with Crippen molar-refractivity contribution in [2.24, 2.45) is 0 Å². The quantitative estimate of drug-likeness (QED) is 0.650. The van der Waals surface area contributed by atoms with Crippen molar-refractivity contribution in [3.8, 4) is 0 Å². The lowest BCUT2D eigenvalue weighted by molar-refractivity contribution is 0.0895. The van der Waals surface area contributed by atoms with Crippen molar-refractivity contribution >= 4 is 17.3 Å². The number of ether oxygens (including phenoxy) is 1. The monoisotopic (exact) mass is 347 g/mol. The summed E-state index contributed by atoms with van der Waals surface area (Å²) in [6, 6.07) is 4.66. The average molecular weight is 348 g/mol. The molecule has 1 atom stereocenters. The van der Waals surface area contributed by atoms with Crippen LogP contribution in [0.15, 0.2) is 24.5 Å². The molecule has 1 aromatic heterocycles. The SMILES string of the molecule is S=C(NC1CCCCCC1)N(Cc1ccncc1)C[C@@H]1CCCO1. The van der Waals surface area contributed by atoms with Crippen LogP contribution in [0.25, 0.3) is 0 Å². The van der Waals surface area contributed by atoms with E-state index in [4.69, 9.17) is 17.0 Å². The standard InChI is InChI=1S/C19H29N3OS/c24-19(21-17-6-3-1-2-4-7-17)22(15-18-8-5-13-23-18)14-16-9-11-20-12-10-16/h9-12,17-18H,1-8,13-15H2,(H,21,24)/t18-/m0/s1. The van der Waals surface area contributed by atoms with E-state index in [1.807, 2.05) is 12.4 Å². The molecular formula is C19H29N3OS. The largest absolute Gasteiger partial charge is 0.376 e. The maximum atomic E-state index is 5.84. The van der Waals surface area contributed by atoms with Crippen LogP contribution in [0.3, 0.4) is 0 Å². The van der Waals surface area contributed by atoms with E-state index < -0.39 is 0 Å². The average Bonchev–Trinajstić information content (AvgIpc) is 2.98. The van der Waals surface area contributed by atoms with E-state index in [1.165, 1.54) is 44.1 Å². The first-order chi connectivity index (χ1) is 11.8. The molecule has 1 aliphatic carbocycles. The van der Waals surface area contributed by atoms with E-state index in [9.17, 15) is 0 Å². The van der Waals surface area contributed by atoms with E-state index in [0.29, 0.717) is 12.1 Å². The van der Waals surface area contributed by atoms with Crippen molar-refractivity contribution in [3.63, 3.8) is 0 Å². The van der Waals surface area contributed by atoms with Gasteiger partial charge in [0.15, 0.2) is 5.11 Å². The molecule has 24 heavy (non-hydrogen) atoms. The van der Waals surface area contributed by atoms with Crippen LogP contribution in [0, 0.1) is 0 Å². The van der Waals surface area contributed by atoms with Gasteiger partial charge in [0.25, 0.3) is 0 Å². The Kier molecular flexibility index (Phi) is 6.85. The molecule has 1 saturated heterocycles. The van der Waals surface area contributed by atoms with Crippen molar-refractivity contribution in [1.82, 2.24) is 15.2 Å². The number of thiocarbonyl (C=S) groups is 1. The minimum absolute atomic E-state index is 0.306. The fourth-order valence-electron chi connectivity index (χ4n) is 3.65. The summed E-state index contributed by atoms with van der Waals surface area (Å²) in [5.74, 6) is 0. The van der Waals surface area contributed by atoms with Gasteiger partial charge in [0.05, 0.1) is 6.10 Å². The lowest BCUT2D eigenvalue weighted by Crippen LogP contribution is -2.46. The summed E-state index contributed by atoms with van der Waals surface area (Å²) in [6.45, 7) is 2.58. The molecule has 0 unspecified atom stereocenters. The number of pyridine rings is 1. The molecule has 1 N–H and O–H groups in total. The maximum absolute atomic E-state index is 5.84. The third kappa shape index (κ3) is 5.42. The van der Waals surface area contributed by atoms with E-state index in [-0.39, 0.29) is 0 Å². The molecule has 2 heterocycles. The predicted octanol–water partition coefficient (Wildman–Crippen LogP) is 3.66. The Morgan fingerprint density at radius 3 is 2.54 bits per heavy atom. The molecule has 4 nitrogen and oxygen atoms in total. The first-order valence-electron chi connectivity index (χ1n) is 9.37. The van der Waals surface area contributed by atoms with Gasteiger partial charge in [-0.05, 0) is 55.6 Å². The van der Waals surface area contributed by atoms with Gasteiger partial charge in [-0.15, -0.1) is 0 Å². The molecular weight excluding hydrogens is 318 g/mol. The molecule has 0 spiro atoms. The first-order valence-corrected chi connectivity index (χ1v) is 9.78. The summed E-state index contributed by atoms with van der Waals surface area (Å²) in [4.78, 5) is 6.40. The third-order valence-electron chi connectivity index (χ3n) is 5.04. The van der Waals surface area contributed by atoms with Crippen molar-refractivity contribution < 1.29 is 4.74 Å². The molecule has 2 fully saturated rings. The lowest BCUT2D eigenvalue weighted by Gasteiger charge is -2.30. The van der Waals surface area contributed by atoms with Crippen LogP contribution in [0.2, 0.25) is 0 Å². The Hall–Kier alpha value is -1.20. The van der Waals surface area contributed by atoms with E-state index in [1.54, 1.807) is 0 Å². The van der Waals surface area contributed by atoms with Crippen molar-refractivity contribution in [2.45, 2.75) is 70.1 Å². The maximum Gasteiger partial charge on any atom is 0.169 e. The smallest absolute Gasteiger partial charge is 0.169 e. The summed E-state index contributed by atoms with van der Waals surface area (Å²) in [5, 5.41) is 4.52. The third-order valence-corrected chi connectivity index (χ3v) is 5.42. The second-order valence-corrected chi connectivity index (χ2v) is 7.40. The van der Waals surface area contributed by atoms with Crippen molar-refractivity contribution in [2.75, 3.05) is 13.2 Å². The van der Waals surface area contributed by atoms with Crippen LogP contribution < -0.4 is 5.32 Å². The van der Waals surface area contributed by atoms with Gasteiger partial charge >= 0.3 is 0 Å². The predicted molar refractivity (Wildman–Crippen MR) is 101 cm³/mol. The van der Waals surface area contributed by atoms with Gasteiger partial charge in [-0.1, -0.05) is 25.7 Å².